The molecule has 5 heteroatoms. The average Bonchev–Trinajstić information content (AvgIpc) is 3.36. The first kappa shape index (κ1) is 12.5. The number of imidazole rings is 1. The van der Waals surface area contributed by atoms with Gasteiger partial charge < -0.3 is 9.30 Å². The predicted molar refractivity (Wildman–Crippen MR) is 78.0 cm³/mol. The van der Waals surface area contributed by atoms with Crippen LogP contribution in [-0.4, -0.2) is 21.6 Å². The summed E-state index contributed by atoms with van der Waals surface area (Å²) in [6, 6.07) is 3.82. The number of nitrogens with zero attached hydrogens (tertiary/aromatic N) is 3. The van der Waals surface area contributed by atoms with E-state index in [4.69, 9.17) is 16.3 Å². The highest BCUT2D eigenvalue weighted by molar-refractivity contribution is 6.16. The molecule has 0 amide bonds. The molecule has 106 valence electrons. The van der Waals surface area contributed by atoms with Gasteiger partial charge in [0.05, 0.1) is 13.0 Å². The van der Waals surface area contributed by atoms with Crippen molar-refractivity contribution in [2.24, 2.45) is 11.3 Å². The minimum atomic E-state index is 0.430. The zero-order chi connectivity index (χ0) is 13.7. The Balaban J connectivity index is 1.78. The minimum Gasteiger partial charge on any atom is -0.481 e. The summed E-state index contributed by atoms with van der Waals surface area (Å²) in [7, 11) is 1.64. The monoisotopic (exact) mass is 291 g/mol. The summed E-state index contributed by atoms with van der Waals surface area (Å²) in [5.74, 6) is 2.90. The first-order valence-corrected chi connectivity index (χ1v) is 7.75. The van der Waals surface area contributed by atoms with Crippen LogP contribution in [0.15, 0.2) is 12.1 Å². The Labute approximate surface area is 123 Å². The molecular weight excluding hydrogens is 274 g/mol. The Morgan fingerprint density at radius 2 is 2.15 bits per heavy atom. The zero-order valence-electron chi connectivity index (χ0n) is 11.6. The van der Waals surface area contributed by atoms with Crippen LogP contribution < -0.4 is 4.74 Å². The number of halogens is 1. The van der Waals surface area contributed by atoms with Crippen LogP contribution in [0.4, 0.5) is 0 Å². The zero-order valence-corrected chi connectivity index (χ0v) is 12.4. The maximum absolute atomic E-state index is 6.08. The number of hydrogen-bond acceptors (Lipinski definition) is 3. The summed E-state index contributed by atoms with van der Waals surface area (Å²) in [5, 5.41) is 0. The highest BCUT2D eigenvalue weighted by Crippen LogP contribution is 2.62. The molecule has 2 fully saturated rings. The summed E-state index contributed by atoms with van der Waals surface area (Å²) in [6.07, 6.45) is 5.45. The van der Waals surface area contributed by atoms with Crippen molar-refractivity contribution >= 4 is 22.8 Å². The number of hydrogen-bond donors (Lipinski definition) is 0. The third-order valence-corrected chi connectivity index (χ3v) is 5.02. The molecule has 2 aromatic rings. The molecule has 2 aliphatic rings. The van der Waals surface area contributed by atoms with Crippen LogP contribution in [0.25, 0.3) is 11.2 Å². The number of methoxy groups -OCH3 is 1. The largest absolute Gasteiger partial charge is 0.481 e. The number of ether oxygens (including phenoxy) is 1. The van der Waals surface area contributed by atoms with E-state index in [0.29, 0.717) is 17.2 Å². The summed E-state index contributed by atoms with van der Waals surface area (Å²) < 4.78 is 7.46. The van der Waals surface area contributed by atoms with Gasteiger partial charge in [0.1, 0.15) is 11.3 Å². The van der Waals surface area contributed by atoms with Crippen LogP contribution in [-0.2, 0) is 12.4 Å². The fourth-order valence-electron chi connectivity index (χ4n) is 3.28. The Morgan fingerprint density at radius 3 is 2.75 bits per heavy atom. The van der Waals surface area contributed by atoms with Crippen LogP contribution in [0.5, 0.6) is 5.88 Å². The van der Waals surface area contributed by atoms with Gasteiger partial charge in [-0.2, -0.15) is 4.98 Å². The number of aromatic nitrogens is 3. The fourth-order valence-corrected chi connectivity index (χ4v) is 3.48. The topological polar surface area (TPSA) is 39.9 Å². The van der Waals surface area contributed by atoms with Crippen LogP contribution in [0.2, 0.25) is 0 Å². The lowest BCUT2D eigenvalue weighted by Gasteiger charge is -2.17. The third kappa shape index (κ3) is 1.89. The van der Waals surface area contributed by atoms with Gasteiger partial charge in [-0.3, -0.25) is 0 Å². The molecule has 2 aliphatic carbocycles. The van der Waals surface area contributed by atoms with E-state index in [1.807, 2.05) is 12.1 Å². The molecule has 4 rings (SSSR count). The molecule has 20 heavy (non-hydrogen) atoms. The molecule has 2 heterocycles. The second-order valence-corrected chi connectivity index (χ2v) is 6.35. The van der Waals surface area contributed by atoms with Gasteiger partial charge >= 0.3 is 0 Å². The normalized spacial score (nSPS) is 20.3. The molecule has 0 saturated heterocycles. The number of pyridine rings is 1. The SMILES string of the molecule is COc1ccc2nc(CCl)n(CC3(C4CC4)CC3)c2n1. The standard InChI is InChI=1S/C15H18ClN3O/c1-20-13-5-4-11-14(18-13)19(12(8-16)17-11)9-15(6-7-15)10-2-3-10/h4-5,10H,2-3,6-9H2,1H3. The maximum Gasteiger partial charge on any atom is 0.215 e. The molecular formula is C15H18ClN3O. The van der Waals surface area contributed by atoms with E-state index < -0.39 is 0 Å². The Hall–Kier alpha value is -1.29. The van der Waals surface area contributed by atoms with Gasteiger partial charge in [-0.15, -0.1) is 11.6 Å². The molecule has 0 aliphatic heterocycles. The van der Waals surface area contributed by atoms with E-state index >= 15 is 0 Å². The summed E-state index contributed by atoms with van der Waals surface area (Å²) in [6.45, 7) is 1.01. The molecule has 0 bridgehead atoms. The summed E-state index contributed by atoms with van der Waals surface area (Å²) in [4.78, 5) is 9.18. The minimum absolute atomic E-state index is 0.430. The van der Waals surface area contributed by atoms with Gasteiger partial charge in [0.25, 0.3) is 0 Å². The third-order valence-electron chi connectivity index (χ3n) is 4.78. The van der Waals surface area contributed by atoms with Gasteiger partial charge in [0.15, 0.2) is 5.65 Å². The van der Waals surface area contributed by atoms with Crippen LogP contribution in [0, 0.1) is 11.3 Å². The van der Waals surface area contributed by atoms with Crippen molar-refractivity contribution in [1.29, 1.82) is 0 Å². The Bertz CT molecular complexity index is 658. The van der Waals surface area contributed by atoms with Crippen LogP contribution in [0.3, 0.4) is 0 Å². The second kappa shape index (κ2) is 4.35. The second-order valence-electron chi connectivity index (χ2n) is 6.08. The van der Waals surface area contributed by atoms with Gasteiger partial charge in [0, 0.05) is 12.6 Å². The van der Waals surface area contributed by atoms with E-state index in [9.17, 15) is 0 Å². The van der Waals surface area contributed by atoms with Crippen molar-refractivity contribution in [3.05, 3.63) is 18.0 Å². The molecule has 0 N–H and O–H groups in total. The lowest BCUT2D eigenvalue weighted by Crippen LogP contribution is -2.16. The molecule has 0 aromatic carbocycles. The van der Waals surface area contributed by atoms with Crippen molar-refractivity contribution in [3.8, 4) is 5.88 Å². The average molecular weight is 292 g/mol. The van der Waals surface area contributed by atoms with E-state index in [1.165, 1.54) is 25.7 Å². The molecule has 0 unspecified atom stereocenters. The highest BCUT2D eigenvalue weighted by Gasteiger charge is 2.54. The number of rotatable bonds is 5. The molecule has 4 nitrogen and oxygen atoms in total. The Kier molecular flexibility index (Phi) is 2.71. The van der Waals surface area contributed by atoms with Crippen molar-refractivity contribution < 1.29 is 4.74 Å². The summed E-state index contributed by atoms with van der Waals surface area (Å²) >= 11 is 6.08. The quantitative estimate of drug-likeness (QED) is 0.793. The van der Waals surface area contributed by atoms with Gasteiger partial charge in [-0.25, -0.2) is 4.98 Å². The first-order chi connectivity index (χ1) is 9.75. The van der Waals surface area contributed by atoms with E-state index in [0.717, 1.165) is 29.5 Å². The molecule has 2 saturated carbocycles. The predicted octanol–water partition coefficient (Wildman–Crippen LogP) is 3.37. The highest BCUT2D eigenvalue weighted by atomic mass is 35.5. The fraction of sp³-hybridized carbons (Fsp3) is 0.600. The molecule has 0 spiro atoms. The molecule has 2 aromatic heterocycles. The van der Waals surface area contributed by atoms with E-state index in [-0.39, 0.29) is 0 Å². The first-order valence-electron chi connectivity index (χ1n) is 7.22. The Morgan fingerprint density at radius 1 is 1.35 bits per heavy atom. The lowest BCUT2D eigenvalue weighted by molar-refractivity contribution is 0.367. The van der Waals surface area contributed by atoms with Gasteiger partial charge in [0.2, 0.25) is 5.88 Å². The molecule has 0 atom stereocenters. The van der Waals surface area contributed by atoms with E-state index in [1.54, 1.807) is 7.11 Å². The van der Waals surface area contributed by atoms with Gasteiger partial charge in [-0.05, 0) is 43.1 Å². The smallest absolute Gasteiger partial charge is 0.215 e. The lowest BCUT2D eigenvalue weighted by atomic mass is 10.0. The van der Waals surface area contributed by atoms with Crippen LogP contribution in [0.1, 0.15) is 31.5 Å². The maximum atomic E-state index is 6.08. The van der Waals surface area contributed by atoms with Gasteiger partial charge in [-0.1, -0.05) is 0 Å². The molecule has 0 radical (unpaired) electrons. The van der Waals surface area contributed by atoms with E-state index in [2.05, 4.69) is 14.5 Å². The van der Waals surface area contributed by atoms with Crippen molar-refractivity contribution in [2.75, 3.05) is 7.11 Å². The number of fused-ring (bicyclic) bond motifs is 1. The van der Waals surface area contributed by atoms with Crippen molar-refractivity contribution in [1.82, 2.24) is 14.5 Å². The van der Waals surface area contributed by atoms with Crippen molar-refractivity contribution in [2.45, 2.75) is 38.1 Å². The summed E-state index contributed by atoms with van der Waals surface area (Å²) in [5.41, 5.74) is 2.32. The van der Waals surface area contributed by atoms with Crippen molar-refractivity contribution in [3.63, 3.8) is 0 Å². The van der Waals surface area contributed by atoms with Crippen LogP contribution >= 0.6 is 11.6 Å². The number of alkyl halides is 1.